The van der Waals surface area contributed by atoms with Gasteiger partial charge in [-0.1, -0.05) is 30.0 Å². The molecule has 0 aliphatic rings. The van der Waals surface area contributed by atoms with Crippen molar-refractivity contribution < 1.29 is 14.3 Å². The van der Waals surface area contributed by atoms with Gasteiger partial charge in [-0.25, -0.2) is 4.98 Å². The average Bonchev–Trinajstić information content (AvgIpc) is 3.05. The van der Waals surface area contributed by atoms with Gasteiger partial charge in [0.1, 0.15) is 10.5 Å². The molecule has 0 spiro atoms. The Bertz CT molecular complexity index is 999. The predicted molar refractivity (Wildman–Crippen MR) is 117 cm³/mol. The van der Waals surface area contributed by atoms with E-state index in [2.05, 4.69) is 19.9 Å². The van der Waals surface area contributed by atoms with Crippen LogP contribution >= 0.6 is 23.1 Å². The van der Waals surface area contributed by atoms with Crippen molar-refractivity contribution in [3.63, 3.8) is 0 Å². The molecule has 0 N–H and O–H groups in total. The largest absolute Gasteiger partial charge is 0.494 e. The molecular weight excluding hydrogens is 390 g/mol. The van der Waals surface area contributed by atoms with Gasteiger partial charge in [0, 0.05) is 0 Å². The molecule has 1 unspecified atom stereocenters. The van der Waals surface area contributed by atoms with Crippen LogP contribution in [-0.2, 0) is 14.3 Å². The monoisotopic (exact) mass is 415 g/mol. The van der Waals surface area contributed by atoms with Crippen LogP contribution in [0.3, 0.4) is 0 Å². The molecule has 2 aromatic carbocycles. The third-order valence-electron chi connectivity index (χ3n) is 4.73. The summed E-state index contributed by atoms with van der Waals surface area (Å²) in [7, 11) is 0. The van der Waals surface area contributed by atoms with Crippen molar-refractivity contribution in [1.82, 2.24) is 4.98 Å². The van der Waals surface area contributed by atoms with Crippen LogP contribution in [0.25, 0.3) is 10.2 Å². The molecule has 4 nitrogen and oxygen atoms in total. The highest BCUT2D eigenvalue weighted by atomic mass is 32.2. The van der Waals surface area contributed by atoms with Crippen LogP contribution in [0.4, 0.5) is 0 Å². The summed E-state index contributed by atoms with van der Waals surface area (Å²) in [5.74, 6) is 0.584. The number of carbonyl (C=O) groups is 1. The summed E-state index contributed by atoms with van der Waals surface area (Å²) in [4.78, 5) is 17.7. The molecule has 0 saturated heterocycles. The van der Waals surface area contributed by atoms with Crippen molar-refractivity contribution in [2.24, 2.45) is 0 Å². The van der Waals surface area contributed by atoms with Gasteiger partial charge in [0.15, 0.2) is 4.34 Å². The maximum absolute atomic E-state index is 13.0. The van der Waals surface area contributed by atoms with E-state index >= 15 is 0 Å². The second-order valence-electron chi connectivity index (χ2n) is 6.65. The molecule has 28 heavy (non-hydrogen) atoms. The molecule has 148 valence electrons. The first-order valence-electron chi connectivity index (χ1n) is 9.35. The Morgan fingerprint density at radius 3 is 2.68 bits per heavy atom. The van der Waals surface area contributed by atoms with Crippen molar-refractivity contribution in [3.05, 3.63) is 53.1 Å². The van der Waals surface area contributed by atoms with Crippen molar-refractivity contribution in [1.29, 1.82) is 0 Å². The quantitative estimate of drug-likeness (QED) is 0.356. The second-order valence-corrected chi connectivity index (χ2v) is 9.34. The molecule has 0 saturated carbocycles. The average molecular weight is 416 g/mol. The van der Waals surface area contributed by atoms with E-state index in [1.54, 1.807) is 11.3 Å². The topological polar surface area (TPSA) is 48.4 Å². The number of nitrogens with zero attached hydrogens (tertiary/aromatic N) is 1. The van der Waals surface area contributed by atoms with E-state index in [0.29, 0.717) is 13.2 Å². The Morgan fingerprint density at radius 2 is 1.96 bits per heavy atom. The Kier molecular flexibility index (Phi) is 6.30. The van der Waals surface area contributed by atoms with Crippen LogP contribution in [-0.4, -0.2) is 24.2 Å². The zero-order valence-corrected chi connectivity index (χ0v) is 18.5. The first-order chi connectivity index (χ1) is 13.4. The normalized spacial score (nSPS) is 13.3. The summed E-state index contributed by atoms with van der Waals surface area (Å²) < 4.78 is 12.0. The number of esters is 1. The predicted octanol–water partition coefficient (Wildman–Crippen LogP) is 5.88. The van der Waals surface area contributed by atoms with E-state index in [1.165, 1.54) is 11.8 Å². The molecule has 0 bridgehead atoms. The van der Waals surface area contributed by atoms with E-state index < -0.39 is 4.75 Å². The number of hydrogen-bond donors (Lipinski definition) is 0. The Labute approximate surface area is 174 Å². The number of ether oxygens (including phenoxy) is 2. The third-order valence-corrected chi connectivity index (χ3v) is 7.10. The van der Waals surface area contributed by atoms with Gasteiger partial charge in [0.25, 0.3) is 0 Å². The maximum Gasteiger partial charge on any atom is 0.326 e. The number of fused-ring (bicyclic) bond motifs is 1. The second kappa shape index (κ2) is 8.53. The smallest absolute Gasteiger partial charge is 0.326 e. The molecule has 3 rings (SSSR count). The molecule has 0 fully saturated rings. The van der Waals surface area contributed by atoms with Crippen LogP contribution in [0.15, 0.2) is 40.7 Å². The number of carbonyl (C=O) groups excluding carboxylic acids is 1. The van der Waals surface area contributed by atoms with Crippen molar-refractivity contribution in [2.75, 3.05) is 13.2 Å². The minimum absolute atomic E-state index is 0.247. The lowest BCUT2D eigenvalue weighted by atomic mass is 9.93. The van der Waals surface area contributed by atoms with E-state index in [4.69, 9.17) is 14.5 Å². The summed E-state index contributed by atoms with van der Waals surface area (Å²) in [5, 5.41) is 0. The van der Waals surface area contributed by atoms with Gasteiger partial charge >= 0.3 is 5.97 Å². The SMILES string of the molecule is CCOC(=O)C(C)(Sc1nc2ccc(OCC)cc2s1)c1cccc(C)c1C. The first kappa shape index (κ1) is 20.7. The number of thiazole rings is 1. The standard InChI is InChI=1S/C22H25NO3S2/c1-6-25-16-11-12-18-19(13-16)27-21(23-18)28-22(5,20(24)26-7-2)17-10-8-9-14(3)15(17)4/h8-13H,6-7H2,1-5H3. The van der Waals surface area contributed by atoms with Gasteiger partial charge in [-0.05, 0) is 69.5 Å². The summed E-state index contributed by atoms with van der Waals surface area (Å²) in [6.07, 6.45) is 0. The number of rotatable bonds is 7. The highest BCUT2D eigenvalue weighted by Crippen LogP contribution is 2.46. The molecule has 0 aliphatic heterocycles. The van der Waals surface area contributed by atoms with Gasteiger partial charge in [0.05, 0.1) is 23.4 Å². The zero-order valence-electron chi connectivity index (χ0n) is 16.9. The number of aryl methyl sites for hydroxylation is 1. The fourth-order valence-electron chi connectivity index (χ4n) is 3.10. The van der Waals surface area contributed by atoms with Gasteiger partial charge in [0.2, 0.25) is 0 Å². The third kappa shape index (κ3) is 4.03. The molecule has 0 amide bonds. The van der Waals surface area contributed by atoms with Gasteiger partial charge in [-0.2, -0.15) is 0 Å². The Balaban J connectivity index is 2.03. The highest BCUT2D eigenvalue weighted by Gasteiger charge is 2.40. The lowest BCUT2D eigenvalue weighted by Gasteiger charge is -2.28. The fraction of sp³-hybridized carbons (Fsp3) is 0.364. The Morgan fingerprint density at radius 1 is 1.18 bits per heavy atom. The van der Waals surface area contributed by atoms with E-state index in [9.17, 15) is 4.79 Å². The maximum atomic E-state index is 13.0. The van der Waals surface area contributed by atoms with Crippen LogP contribution in [0.1, 0.15) is 37.5 Å². The van der Waals surface area contributed by atoms with Crippen molar-refractivity contribution in [3.8, 4) is 5.75 Å². The molecule has 3 aromatic rings. The minimum Gasteiger partial charge on any atom is -0.494 e. The molecule has 0 aliphatic carbocycles. The number of benzene rings is 2. The lowest BCUT2D eigenvalue weighted by Crippen LogP contribution is -2.32. The van der Waals surface area contributed by atoms with Crippen LogP contribution in [0.5, 0.6) is 5.75 Å². The summed E-state index contributed by atoms with van der Waals surface area (Å²) in [6.45, 7) is 10.8. The van der Waals surface area contributed by atoms with E-state index in [0.717, 1.165) is 37.0 Å². The van der Waals surface area contributed by atoms with Crippen molar-refractivity contribution >= 4 is 39.3 Å². The van der Waals surface area contributed by atoms with E-state index in [1.807, 2.05) is 51.1 Å². The number of thioether (sulfide) groups is 1. The lowest BCUT2D eigenvalue weighted by molar-refractivity contribution is -0.145. The minimum atomic E-state index is -0.872. The Hall–Kier alpha value is -2.05. The van der Waals surface area contributed by atoms with Gasteiger partial charge in [-0.15, -0.1) is 11.3 Å². The zero-order chi connectivity index (χ0) is 20.3. The van der Waals surface area contributed by atoms with Crippen molar-refractivity contribution in [2.45, 2.75) is 43.7 Å². The molecule has 1 aromatic heterocycles. The molecular formula is C22H25NO3S2. The summed E-state index contributed by atoms with van der Waals surface area (Å²) in [5.41, 5.74) is 4.12. The number of aromatic nitrogens is 1. The van der Waals surface area contributed by atoms with Crippen LogP contribution in [0.2, 0.25) is 0 Å². The van der Waals surface area contributed by atoms with Crippen LogP contribution in [0, 0.1) is 13.8 Å². The highest BCUT2D eigenvalue weighted by molar-refractivity contribution is 8.02. The van der Waals surface area contributed by atoms with E-state index in [-0.39, 0.29) is 5.97 Å². The molecule has 0 radical (unpaired) electrons. The molecule has 1 atom stereocenters. The fourth-order valence-corrected chi connectivity index (χ4v) is 5.73. The first-order valence-corrected chi connectivity index (χ1v) is 11.0. The molecule has 6 heteroatoms. The van der Waals surface area contributed by atoms with Gasteiger partial charge in [-0.3, -0.25) is 4.79 Å². The number of hydrogen-bond acceptors (Lipinski definition) is 6. The summed E-state index contributed by atoms with van der Waals surface area (Å²) >= 11 is 3.02. The van der Waals surface area contributed by atoms with Crippen LogP contribution < -0.4 is 4.74 Å². The van der Waals surface area contributed by atoms with Gasteiger partial charge < -0.3 is 9.47 Å². The molecule has 1 heterocycles. The summed E-state index contributed by atoms with van der Waals surface area (Å²) in [6, 6.07) is 11.9.